The van der Waals surface area contributed by atoms with Gasteiger partial charge < -0.3 is 10.2 Å². The lowest BCUT2D eigenvalue weighted by atomic mass is 10.1. The maximum Gasteiger partial charge on any atom is 0.255 e. The van der Waals surface area contributed by atoms with Crippen LogP contribution in [-0.2, 0) is 4.79 Å². The molecule has 5 rings (SSSR count). The quantitative estimate of drug-likeness (QED) is 0.313. The third kappa shape index (κ3) is 4.29. The molecule has 0 unspecified atom stereocenters. The minimum atomic E-state index is -0.247. The largest absolute Gasteiger partial charge is 0.383 e. The number of benzene rings is 2. The second-order valence-electron chi connectivity index (χ2n) is 8.49. The van der Waals surface area contributed by atoms with Crippen LogP contribution in [0.4, 0.5) is 5.69 Å². The fraction of sp³-hybridized carbons (Fsp3) is 0.111. The Labute approximate surface area is 201 Å². The molecule has 0 aliphatic carbocycles. The normalized spacial score (nSPS) is 11.4. The number of aryl methyl sites for hydroxylation is 1. The second-order valence-corrected chi connectivity index (χ2v) is 8.49. The molecule has 2 aromatic carbocycles. The van der Waals surface area contributed by atoms with Gasteiger partial charge in [0, 0.05) is 67.5 Å². The van der Waals surface area contributed by atoms with Crippen LogP contribution in [0.3, 0.4) is 0 Å². The molecule has 174 valence electrons. The lowest BCUT2D eigenvalue weighted by molar-refractivity contribution is -0.112. The number of rotatable bonds is 5. The van der Waals surface area contributed by atoms with Crippen molar-refractivity contribution in [3.63, 3.8) is 0 Å². The van der Waals surface area contributed by atoms with Gasteiger partial charge in [0.15, 0.2) is 0 Å². The maximum absolute atomic E-state index is 13.2. The van der Waals surface area contributed by atoms with E-state index in [1.807, 2.05) is 69.7 Å². The lowest BCUT2D eigenvalue weighted by Gasteiger charge is -2.15. The Bertz CT molecular complexity index is 1650. The smallest absolute Gasteiger partial charge is 0.255 e. The van der Waals surface area contributed by atoms with Crippen LogP contribution in [-0.4, -0.2) is 44.2 Å². The molecule has 8 nitrogen and oxygen atoms in total. The van der Waals surface area contributed by atoms with Gasteiger partial charge in [-0.05, 0) is 55.0 Å². The number of aromatic nitrogens is 4. The highest BCUT2D eigenvalue weighted by atomic mass is 16.1. The van der Waals surface area contributed by atoms with Crippen LogP contribution in [0.1, 0.15) is 5.56 Å². The molecule has 0 radical (unpaired) electrons. The van der Waals surface area contributed by atoms with Crippen molar-refractivity contribution in [2.45, 2.75) is 6.92 Å². The van der Waals surface area contributed by atoms with Crippen LogP contribution in [0.2, 0.25) is 0 Å². The highest BCUT2D eigenvalue weighted by Crippen LogP contribution is 2.28. The minimum Gasteiger partial charge on any atom is -0.383 e. The van der Waals surface area contributed by atoms with E-state index in [0.717, 1.165) is 33.1 Å². The summed E-state index contributed by atoms with van der Waals surface area (Å²) in [6.45, 7) is 1.91. The van der Waals surface area contributed by atoms with Crippen LogP contribution in [0, 0.1) is 6.92 Å². The van der Waals surface area contributed by atoms with E-state index in [9.17, 15) is 9.59 Å². The molecule has 35 heavy (non-hydrogen) atoms. The van der Waals surface area contributed by atoms with Crippen molar-refractivity contribution in [1.29, 1.82) is 0 Å². The third-order valence-corrected chi connectivity index (χ3v) is 5.73. The van der Waals surface area contributed by atoms with E-state index in [-0.39, 0.29) is 11.5 Å². The molecule has 5 aromatic rings. The number of anilines is 1. The number of hydrogen-bond acceptors (Lipinski definition) is 5. The first kappa shape index (κ1) is 22.1. The zero-order chi connectivity index (χ0) is 24.5. The van der Waals surface area contributed by atoms with E-state index in [4.69, 9.17) is 0 Å². The molecule has 3 aromatic heterocycles. The van der Waals surface area contributed by atoms with Crippen LogP contribution in [0.25, 0.3) is 33.2 Å². The van der Waals surface area contributed by atoms with Gasteiger partial charge in [0.2, 0.25) is 5.91 Å². The summed E-state index contributed by atoms with van der Waals surface area (Å²) in [6.07, 6.45) is 8.50. The Balaban J connectivity index is 1.70. The molecule has 3 heterocycles. The highest BCUT2D eigenvalue weighted by molar-refractivity contribution is 6.05. The van der Waals surface area contributed by atoms with Gasteiger partial charge in [-0.1, -0.05) is 6.07 Å². The highest BCUT2D eigenvalue weighted by Gasteiger charge is 2.13. The van der Waals surface area contributed by atoms with Gasteiger partial charge >= 0.3 is 0 Å². The Morgan fingerprint density at radius 2 is 1.89 bits per heavy atom. The van der Waals surface area contributed by atoms with E-state index in [1.165, 1.54) is 12.1 Å². The summed E-state index contributed by atoms with van der Waals surface area (Å²) in [5, 5.41) is 8.90. The number of carbonyl (C=O) groups is 1. The van der Waals surface area contributed by atoms with E-state index >= 15 is 0 Å². The van der Waals surface area contributed by atoms with Gasteiger partial charge in [-0.15, -0.1) is 0 Å². The third-order valence-electron chi connectivity index (χ3n) is 5.73. The molecule has 0 fully saturated rings. The summed E-state index contributed by atoms with van der Waals surface area (Å²) in [7, 11) is 3.69. The van der Waals surface area contributed by atoms with Crippen molar-refractivity contribution in [3.8, 4) is 11.4 Å². The summed E-state index contributed by atoms with van der Waals surface area (Å²) in [4.78, 5) is 32.0. The molecular formula is C27H24N6O2. The topological polar surface area (TPSA) is 85.0 Å². The van der Waals surface area contributed by atoms with Crippen LogP contribution >= 0.6 is 0 Å². The van der Waals surface area contributed by atoms with Crippen molar-refractivity contribution in [2.24, 2.45) is 0 Å². The summed E-state index contributed by atoms with van der Waals surface area (Å²) < 4.78 is 3.43. The number of pyridine rings is 2. The second kappa shape index (κ2) is 8.90. The molecule has 0 aliphatic rings. The summed E-state index contributed by atoms with van der Waals surface area (Å²) >= 11 is 0. The molecular weight excluding hydrogens is 440 g/mol. The van der Waals surface area contributed by atoms with Gasteiger partial charge in [0.1, 0.15) is 0 Å². The molecule has 0 saturated heterocycles. The lowest BCUT2D eigenvalue weighted by Crippen LogP contribution is -2.18. The fourth-order valence-corrected chi connectivity index (χ4v) is 3.99. The Morgan fingerprint density at radius 3 is 2.66 bits per heavy atom. The Kier molecular flexibility index (Phi) is 5.62. The molecule has 0 atom stereocenters. The van der Waals surface area contributed by atoms with Crippen LogP contribution in [0.5, 0.6) is 0 Å². The predicted octanol–water partition coefficient (Wildman–Crippen LogP) is 4.05. The van der Waals surface area contributed by atoms with Crippen molar-refractivity contribution < 1.29 is 4.79 Å². The van der Waals surface area contributed by atoms with Crippen molar-refractivity contribution >= 4 is 33.4 Å². The average Bonchev–Trinajstić information content (AvgIpc) is 3.39. The Hall–Kier alpha value is -4.72. The van der Waals surface area contributed by atoms with Gasteiger partial charge in [0.25, 0.3) is 5.56 Å². The fourth-order valence-electron chi connectivity index (χ4n) is 3.99. The number of nitrogens with zero attached hydrogens (tertiary/aromatic N) is 5. The van der Waals surface area contributed by atoms with Crippen molar-refractivity contribution in [1.82, 2.24) is 24.2 Å². The molecule has 8 heteroatoms. The minimum absolute atomic E-state index is 0.178. The Morgan fingerprint density at radius 1 is 1.06 bits per heavy atom. The van der Waals surface area contributed by atoms with Crippen LogP contribution in [0.15, 0.2) is 90.3 Å². The predicted molar refractivity (Wildman–Crippen MR) is 138 cm³/mol. The molecule has 0 aliphatic heterocycles. The molecule has 1 N–H and O–H groups in total. The zero-order valence-corrected chi connectivity index (χ0v) is 19.6. The summed E-state index contributed by atoms with van der Waals surface area (Å²) in [5.74, 6) is -0.247. The van der Waals surface area contributed by atoms with Crippen molar-refractivity contribution in [2.75, 3.05) is 19.4 Å². The van der Waals surface area contributed by atoms with E-state index in [0.29, 0.717) is 11.4 Å². The van der Waals surface area contributed by atoms with E-state index in [2.05, 4.69) is 15.4 Å². The number of carbonyl (C=O) groups excluding carboxylic acids is 1. The number of amides is 1. The maximum atomic E-state index is 13.2. The number of hydrogen-bond donors (Lipinski definition) is 1. The number of nitrogens with one attached hydrogen (secondary N) is 1. The van der Waals surface area contributed by atoms with Gasteiger partial charge in [-0.3, -0.25) is 19.1 Å². The van der Waals surface area contributed by atoms with E-state index < -0.39 is 0 Å². The first-order valence-corrected chi connectivity index (χ1v) is 11.1. The first-order chi connectivity index (χ1) is 16.9. The summed E-state index contributed by atoms with van der Waals surface area (Å²) in [6, 6.07) is 16.6. The molecule has 0 saturated carbocycles. The zero-order valence-electron chi connectivity index (χ0n) is 19.6. The molecule has 0 bridgehead atoms. The van der Waals surface area contributed by atoms with E-state index in [1.54, 1.807) is 38.8 Å². The van der Waals surface area contributed by atoms with Gasteiger partial charge in [-0.2, -0.15) is 5.10 Å². The van der Waals surface area contributed by atoms with Crippen molar-refractivity contribution in [3.05, 3.63) is 101 Å². The van der Waals surface area contributed by atoms with Crippen LogP contribution < -0.4 is 10.9 Å². The molecule has 1 amide bonds. The first-order valence-electron chi connectivity index (χ1n) is 11.1. The van der Waals surface area contributed by atoms with Gasteiger partial charge in [0.05, 0.1) is 22.4 Å². The average molecular weight is 465 g/mol. The number of fused-ring (bicyclic) bond motifs is 3. The summed E-state index contributed by atoms with van der Waals surface area (Å²) in [5.41, 5.74) is 4.37. The monoisotopic (exact) mass is 464 g/mol. The molecule has 0 spiro atoms. The standard InChI is InChI=1S/C27H24N6O2/c1-18-5-7-21(16-24(18)30-25(34)11-14-31(2)3)33-26(35)10-6-19-17-28-23-9-8-20(15-22(23)27(19)33)32-13-4-12-29-32/h4-17H,1-3H3,(H,30,34)/b14-11+. The SMILES string of the molecule is Cc1ccc(-n2c(=O)ccc3cnc4ccc(-n5cccn5)cc4c32)cc1NC(=O)/C=C/N(C)C. The van der Waals surface area contributed by atoms with Gasteiger partial charge in [-0.25, -0.2) is 4.68 Å².